The molecule has 4 aromatic carbocycles. The molecule has 42 heavy (non-hydrogen) atoms. The van der Waals surface area contributed by atoms with Gasteiger partial charge in [-0.05, 0) is 55.3 Å². The van der Waals surface area contributed by atoms with Gasteiger partial charge in [-0.15, -0.1) is 0 Å². The number of ether oxygens (including phenoxy) is 2. The van der Waals surface area contributed by atoms with E-state index >= 15 is 0 Å². The molecule has 0 bridgehead atoms. The maximum Gasteiger partial charge on any atom is 0.312 e. The van der Waals surface area contributed by atoms with Gasteiger partial charge in [0.15, 0.2) is 5.78 Å². The number of nitro groups is 1. The number of fused-ring (bicyclic) bond motifs is 2. The summed E-state index contributed by atoms with van der Waals surface area (Å²) in [5.41, 5.74) is 3.22. The van der Waals surface area contributed by atoms with Crippen LogP contribution in [0.25, 0.3) is 17.2 Å². The van der Waals surface area contributed by atoms with Crippen LogP contribution in [0.1, 0.15) is 46.5 Å². The van der Waals surface area contributed by atoms with Crippen molar-refractivity contribution in [3.05, 3.63) is 123 Å². The zero-order valence-corrected chi connectivity index (χ0v) is 23.5. The average molecular weight is 558 g/mol. The Bertz CT molecular complexity index is 1840. The Hall–Kier alpha value is -5.42. The van der Waals surface area contributed by atoms with Crippen LogP contribution in [0, 0.1) is 21.4 Å². The predicted octanol–water partition coefficient (Wildman–Crippen LogP) is 6.90. The van der Waals surface area contributed by atoms with E-state index in [9.17, 15) is 20.2 Å². The van der Waals surface area contributed by atoms with E-state index < -0.39 is 16.1 Å². The number of carbonyl (C=O) groups excluding carboxylic acids is 1. The largest absolute Gasteiger partial charge is 0.490 e. The monoisotopic (exact) mass is 557 g/mol. The molecular weight excluding hydrogens is 530 g/mol. The first-order chi connectivity index (χ1) is 20.1. The van der Waals surface area contributed by atoms with Gasteiger partial charge in [-0.2, -0.15) is 5.26 Å². The molecule has 8 heteroatoms. The number of ketones is 1. The summed E-state index contributed by atoms with van der Waals surface area (Å²) in [6, 6.07) is 25.1. The molecule has 0 aliphatic carbocycles. The molecular formula is C34H27N3O5. The van der Waals surface area contributed by atoms with E-state index in [-0.39, 0.29) is 17.2 Å². The number of benzene rings is 4. The number of methoxy groups -OCH3 is 1. The summed E-state index contributed by atoms with van der Waals surface area (Å²) < 4.78 is 12.6. The van der Waals surface area contributed by atoms with E-state index in [0.717, 1.165) is 11.3 Å². The molecule has 0 saturated heterocycles. The second kappa shape index (κ2) is 9.60. The zero-order chi connectivity index (χ0) is 29.8. The second-order valence-electron chi connectivity index (χ2n) is 10.9. The molecule has 208 valence electrons. The van der Waals surface area contributed by atoms with Gasteiger partial charge < -0.3 is 14.4 Å². The van der Waals surface area contributed by atoms with Gasteiger partial charge >= 0.3 is 5.69 Å². The molecule has 2 aliphatic rings. The first-order valence-electron chi connectivity index (χ1n) is 13.4. The van der Waals surface area contributed by atoms with Gasteiger partial charge in [-0.25, -0.2) is 0 Å². The second-order valence-corrected chi connectivity index (χ2v) is 10.9. The van der Waals surface area contributed by atoms with Crippen LogP contribution in [0.15, 0.2) is 84.9 Å². The molecule has 2 heterocycles. The van der Waals surface area contributed by atoms with Crippen molar-refractivity contribution in [2.24, 2.45) is 0 Å². The Labute approximate surface area is 243 Å². The minimum absolute atomic E-state index is 0.0640. The van der Waals surface area contributed by atoms with Crippen molar-refractivity contribution in [3.8, 4) is 28.7 Å². The number of hydrogen-bond donors (Lipinski definition) is 0. The van der Waals surface area contributed by atoms with E-state index in [1.54, 1.807) is 42.5 Å². The summed E-state index contributed by atoms with van der Waals surface area (Å²) in [4.78, 5) is 26.8. The van der Waals surface area contributed by atoms with E-state index in [4.69, 9.17) is 9.47 Å². The number of hydrogen-bond acceptors (Lipinski definition) is 7. The highest BCUT2D eigenvalue weighted by molar-refractivity contribution is 6.09. The lowest BCUT2D eigenvalue weighted by Gasteiger charge is -2.46. The summed E-state index contributed by atoms with van der Waals surface area (Å²) >= 11 is 0. The number of rotatable bonds is 5. The third kappa shape index (κ3) is 3.78. The van der Waals surface area contributed by atoms with Crippen molar-refractivity contribution in [2.75, 3.05) is 19.1 Å². The van der Waals surface area contributed by atoms with Crippen LogP contribution in [0.2, 0.25) is 0 Å². The summed E-state index contributed by atoms with van der Waals surface area (Å²) in [6.07, 6.45) is 3.76. The third-order valence-electron chi connectivity index (χ3n) is 8.41. The van der Waals surface area contributed by atoms with Crippen LogP contribution >= 0.6 is 0 Å². The minimum atomic E-state index is -1.00. The number of nitro benzene ring substituents is 1. The van der Waals surface area contributed by atoms with Crippen LogP contribution in [0.3, 0.4) is 0 Å². The number of anilines is 1. The molecule has 1 atom stereocenters. The summed E-state index contributed by atoms with van der Waals surface area (Å²) in [5.74, 6) is 0.363. The van der Waals surface area contributed by atoms with E-state index in [1.165, 1.54) is 13.2 Å². The molecule has 2 aliphatic heterocycles. The van der Waals surface area contributed by atoms with Gasteiger partial charge in [-0.1, -0.05) is 54.6 Å². The molecule has 1 unspecified atom stereocenters. The highest BCUT2D eigenvalue weighted by atomic mass is 16.6. The minimum Gasteiger partial charge on any atom is -0.490 e. The standard InChI is InChI=1S/C34H27N3O5/c1-33(2)26-18-21(20-35)10-15-27(26)36(3)34(33)17-16-25-19-28(37(39)40)32(41-4)29(31(25)42-34)22-11-13-24(14-12-22)30(38)23-8-6-5-7-9-23/h5-19H,1-4H3. The Morgan fingerprint density at radius 2 is 1.71 bits per heavy atom. The van der Waals surface area contributed by atoms with Crippen molar-refractivity contribution in [2.45, 2.75) is 25.0 Å². The van der Waals surface area contributed by atoms with Gasteiger partial charge in [0.1, 0.15) is 5.75 Å². The Balaban J connectivity index is 1.51. The lowest BCUT2D eigenvalue weighted by Crippen LogP contribution is -2.58. The maximum atomic E-state index is 13.1. The lowest BCUT2D eigenvalue weighted by atomic mass is 9.76. The van der Waals surface area contributed by atoms with E-state index in [2.05, 4.69) is 19.9 Å². The number of nitrogens with zero attached hydrogens (tertiary/aromatic N) is 3. The van der Waals surface area contributed by atoms with Gasteiger partial charge in [0.25, 0.3) is 0 Å². The summed E-state index contributed by atoms with van der Waals surface area (Å²) in [6.45, 7) is 4.11. The fourth-order valence-corrected chi connectivity index (χ4v) is 6.13. The molecule has 6 rings (SSSR count). The van der Waals surface area contributed by atoms with Gasteiger partial charge in [0.05, 0.1) is 34.6 Å². The lowest BCUT2D eigenvalue weighted by molar-refractivity contribution is -0.385. The number of nitriles is 1. The topological polar surface area (TPSA) is 106 Å². The molecule has 0 aromatic heterocycles. The molecule has 0 N–H and O–H groups in total. The van der Waals surface area contributed by atoms with Gasteiger partial charge in [0, 0.05) is 35.5 Å². The maximum absolute atomic E-state index is 13.1. The number of carbonyl (C=O) groups is 1. The van der Waals surface area contributed by atoms with Crippen molar-refractivity contribution in [1.82, 2.24) is 0 Å². The van der Waals surface area contributed by atoms with E-state index in [0.29, 0.717) is 39.1 Å². The first kappa shape index (κ1) is 26.8. The SMILES string of the molecule is COc1c([N+](=O)[O-])cc2c(c1-c1ccc(C(=O)c3ccccc3)cc1)OC1(C=C2)N(C)c2ccc(C#N)cc2C1(C)C. The highest BCUT2D eigenvalue weighted by Crippen LogP contribution is 2.57. The van der Waals surface area contributed by atoms with Crippen molar-refractivity contribution in [1.29, 1.82) is 5.26 Å². The smallest absolute Gasteiger partial charge is 0.312 e. The highest BCUT2D eigenvalue weighted by Gasteiger charge is 2.58. The van der Waals surface area contributed by atoms with Gasteiger partial charge in [-0.3, -0.25) is 14.9 Å². The van der Waals surface area contributed by atoms with Crippen LogP contribution in [0.4, 0.5) is 11.4 Å². The van der Waals surface area contributed by atoms with Gasteiger partial charge in [0.2, 0.25) is 11.5 Å². The van der Waals surface area contributed by atoms with Crippen molar-refractivity contribution < 1.29 is 19.2 Å². The van der Waals surface area contributed by atoms with Crippen LogP contribution in [0.5, 0.6) is 11.5 Å². The third-order valence-corrected chi connectivity index (χ3v) is 8.41. The molecule has 1 spiro atoms. The molecule has 8 nitrogen and oxygen atoms in total. The first-order valence-corrected chi connectivity index (χ1v) is 13.4. The quantitative estimate of drug-likeness (QED) is 0.149. The van der Waals surface area contributed by atoms with Crippen molar-refractivity contribution >= 4 is 23.2 Å². The van der Waals surface area contributed by atoms with Crippen molar-refractivity contribution in [3.63, 3.8) is 0 Å². The van der Waals surface area contributed by atoms with Crippen LogP contribution < -0.4 is 14.4 Å². The molecule has 0 saturated carbocycles. The Morgan fingerprint density at radius 1 is 1.02 bits per heavy atom. The number of likely N-dealkylation sites (N-methyl/N-ethyl adjacent to an activating group) is 1. The normalized spacial score (nSPS) is 17.6. The molecule has 4 aromatic rings. The van der Waals surface area contributed by atoms with Crippen LogP contribution in [-0.2, 0) is 5.41 Å². The summed E-state index contributed by atoms with van der Waals surface area (Å²) in [5, 5.41) is 21.7. The Kier molecular flexibility index (Phi) is 6.12. The van der Waals surface area contributed by atoms with E-state index in [1.807, 2.05) is 54.4 Å². The Morgan fingerprint density at radius 3 is 2.36 bits per heavy atom. The molecule has 0 radical (unpaired) electrons. The fourth-order valence-electron chi connectivity index (χ4n) is 6.13. The zero-order valence-electron chi connectivity index (χ0n) is 23.5. The van der Waals surface area contributed by atoms with Crippen LogP contribution in [-0.4, -0.2) is 30.6 Å². The fraction of sp³-hybridized carbons (Fsp3) is 0.176. The summed E-state index contributed by atoms with van der Waals surface area (Å²) in [7, 11) is 3.33. The molecule has 0 fully saturated rings. The average Bonchev–Trinajstić information content (AvgIpc) is 3.17. The molecule has 0 amide bonds. The predicted molar refractivity (Wildman–Crippen MR) is 160 cm³/mol.